The quantitative estimate of drug-likeness (QED) is 0.319. The number of carbonyl (C=O) groups excluding carboxylic acids is 2. The average Bonchev–Trinajstić information content (AvgIpc) is 2.43. The molecule has 1 aromatic carbocycles. The number of rotatable bonds is 6. The molecule has 0 unspecified atom stereocenters. The van der Waals surface area contributed by atoms with E-state index in [1.807, 2.05) is 30.3 Å². The van der Waals surface area contributed by atoms with Crippen molar-refractivity contribution in [3.63, 3.8) is 0 Å². The van der Waals surface area contributed by atoms with Crippen molar-refractivity contribution < 1.29 is 57.2 Å². The van der Waals surface area contributed by atoms with E-state index in [0.29, 0.717) is 0 Å². The molecule has 0 atom stereocenters. The van der Waals surface area contributed by atoms with Crippen LogP contribution < -0.4 is 40.0 Å². The number of carboxylic acid groups (broad SMARTS) is 1. The molecular weight excluding hydrogens is 357 g/mol. The molecule has 1 rings (SSSR count). The number of amides is 1. The zero-order chi connectivity index (χ0) is 18.8. The molecule has 0 saturated carbocycles. The summed E-state index contributed by atoms with van der Waals surface area (Å²) in [5, 5.41) is 12.3. The van der Waals surface area contributed by atoms with Gasteiger partial charge in [-0.15, -0.1) is 0 Å². The maximum atomic E-state index is 10.8. The largest absolute Gasteiger partial charge is 1.00 e. The molecule has 0 fully saturated rings. The van der Waals surface area contributed by atoms with Gasteiger partial charge in [0.25, 0.3) is 10.1 Å². The second kappa shape index (κ2) is 12.0. The SMILES string of the molecule is C=CC(=O)NC(C)(C)CS(=O)(=O)O.O=C([O-])C=Cc1ccccc1.[Na+]. The first-order chi connectivity index (χ1) is 10.9. The molecule has 0 aliphatic carbocycles. The minimum absolute atomic E-state index is 0. The fourth-order valence-electron chi connectivity index (χ4n) is 1.61. The van der Waals surface area contributed by atoms with Gasteiger partial charge in [-0.1, -0.05) is 43.0 Å². The number of hydrogen-bond donors (Lipinski definition) is 2. The molecule has 0 radical (unpaired) electrons. The second-order valence-corrected chi connectivity index (χ2v) is 6.82. The van der Waals surface area contributed by atoms with Gasteiger partial charge in [0.15, 0.2) is 0 Å². The van der Waals surface area contributed by atoms with E-state index in [9.17, 15) is 23.1 Å². The normalized spacial score (nSPS) is 10.8. The van der Waals surface area contributed by atoms with Crippen molar-refractivity contribution in [1.29, 1.82) is 0 Å². The maximum Gasteiger partial charge on any atom is 1.00 e. The molecule has 0 aliphatic heterocycles. The zero-order valence-electron chi connectivity index (χ0n) is 14.4. The predicted octanol–water partition coefficient (Wildman–Crippen LogP) is -2.59. The molecule has 132 valence electrons. The Kier molecular flexibility index (Phi) is 12.4. The third-order valence-corrected chi connectivity index (χ3v) is 3.49. The number of hydrogen-bond acceptors (Lipinski definition) is 5. The topological polar surface area (TPSA) is 124 Å². The Morgan fingerprint density at radius 2 is 1.80 bits per heavy atom. The van der Waals surface area contributed by atoms with Crippen LogP contribution in [0.25, 0.3) is 6.08 Å². The first-order valence-electron chi connectivity index (χ1n) is 6.79. The summed E-state index contributed by atoms with van der Waals surface area (Å²) in [7, 11) is -4.08. The molecule has 0 saturated heterocycles. The Balaban J connectivity index is 0. The summed E-state index contributed by atoms with van der Waals surface area (Å²) in [6, 6.07) is 9.19. The molecular formula is C16H20NNaO6S. The van der Waals surface area contributed by atoms with E-state index < -0.39 is 33.3 Å². The van der Waals surface area contributed by atoms with E-state index in [1.165, 1.54) is 19.9 Å². The van der Waals surface area contributed by atoms with Crippen LogP contribution in [-0.2, 0) is 19.7 Å². The van der Waals surface area contributed by atoms with Gasteiger partial charge in [0.1, 0.15) is 0 Å². The van der Waals surface area contributed by atoms with Gasteiger partial charge in [0.05, 0.1) is 17.3 Å². The van der Waals surface area contributed by atoms with Gasteiger partial charge in [-0.05, 0) is 31.6 Å². The van der Waals surface area contributed by atoms with E-state index in [1.54, 1.807) is 0 Å². The Bertz CT molecular complexity index is 699. The van der Waals surface area contributed by atoms with Crippen LogP contribution in [0.5, 0.6) is 0 Å². The van der Waals surface area contributed by atoms with Gasteiger partial charge < -0.3 is 15.2 Å². The Morgan fingerprint density at radius 1 is 1.28 bits per heavy atom. The number of benzene rings is 1. The van der Waals surface area contributed by atoms with Crippen LogP contribution in [0.1, 0.15) is 19.4 Å². The number of carbonyl (C=O) groups is 2. The monoisotopic (exact) mass is 377 g/mol. The van der Waals surface area contributed by atoms with Crippen LogP contribution >= 0.6 is 0 Å². The molecule has 0 aliphatic rings. The van der Waals surface area contributed by atoms with Crippen LogP contribution in [0.3, 0.4) is 0 Å². The van der Waals surface area contributed by atoms with Gasteiger partial charge in [-0.25, -0.2) is 0 Å². The average molecular weight is 377 g/mol. The standard InChI is InChI=1S/C9H8O2.C7H13NO4S.Na/c10-9(11)7-6-8-4-2-1-3-5-8;1-4-6(9)8-7(2,3)5-13(10,11)12;/h1-7H,(H,10,11);4H,1,5H2,2-3H3,(H,8,9)(H,10,11,12);/q;;+1/p-1. The molecule has 2 N–H and O–H groups in total. The van der Waals surface area contributed by atoms with Crippen molar-refractivity contribution in [2.75, 3.05) is 5.75 Å². The van der Waals surface area contributed by atoms with Crippen LogP contribution in [0.2, 0.25) is 0 Å². The van der Waals surface area contributed by atoms with Crippen molar-refractivity contribution in [1.82, 2.24) is 5.32 Å². The summed E-state index contributed by atoms with van der Waals surface area (Å²) >= 11 is 0. The van der Waals surface area contributed by atoms with Crippen LogP contribution in [0.4, 0.5) is 0 Å². The third-order valence-electron chi connectivity index (χ3n) is 2.40. The first kappa shape index (κ1) is 25.8. The summed E-state index contributed by atoms with van der Waals surface area (Å²) in [6.07, 6.45) is 3.54. The first-order valence-corrected chi connectivity index (χ1v) is 8.40. The van der Waals surface area contributed by atoms with E-state index in [-0.39, 0.29) is 29.6 Å². The van der Waals surface area contributed by atoms with E-state index in [4.69, 9.17) is 4.55 Å². The third kappa shape index (κ3) is 15.8. The Labute approximate surface area is 169 Å². The Morgan fingerprint density at radius 3 is 2.20 bits per heavy atom. The van der Waals surface area contributed by atoms with E-state index in [2.05, 4.69) is 11.9 Å². The number of carboxylic acids is 1. The molecule has 1 aromatic rings. The fraction of sp³-hybridized carbons (Fsp3) is 0.250. The maximum absolute atomic E-state index is 10.8. The molecule has 0 spiro atoms. The van der Waals surface area contributed by atoms with Gasteiger partial charge in [0, 0.05) is 0 Å². The van der Waals surface area contributed by atoms with Crippen LogP contribution in [0.15, 0.2) is 49.1 Å². The summed E-state index contributed by atoms with van der Waals surface area (Å²) in [5.74, 6) is -2.18. The smallest absolute Gasteiger partial charge is 0.545 e. The molecule has 0 aromatic heterocycles. The predicted molar refractivity (Wildman–Crippen MR) is 89.3 cm³/mol. The van der Waals surface area contributed by atoms with Crippen molar-refractivity contribution in [3.8, 4) is 0 Å². The fourth-order valence-corrected chi connectivity index (χ4v) is 2.59. The minimum Gasteiger partial charge on any atom is -0.545 e. The van der Waals surface area contributed by atoms with Gasteiger partial charge >= 0.3 is 29.6 Å². The Hall–Kier alpha value is -1.45. The molecule has 25 heavy (non-hydrogen) atoms. The van der Waals surface area contributed by atoms with Crippen molar-refractivity contribution in [3.05, 3.63) is 54.6 Å². The van der Waals surface area contributed by atoms with Gasteiger partial charge in [-0.3, -0.25) is 9.35 Å². The zero-order valence-corrected chi connectivity index (χ0v) is 17.2. The molecule has 7 nitrogen and oxygen atoms in total. The molecule has 1 amide bonds. The number of aliphatic carboxylic acids is 1. The summed E-state index contributed by atoms with van der Waals surface area (Å²) < 4.78 is 29.5. The number of nitrogens with one attached hydrogen (secondary N) is 1. The van der Waals surface area contributed by atoms with Crippen LogP contribution in [-0.4, -0.2) is 36.1 Å². The van der Waals surface area contributed by atoms with Crippen molar-refractivity contribution in [2.24, 2.45) is 0 Å². The second-order valence-electron chi connectivity index (χ2n) is 5.37. The van der Waals surface area contributed by atoms with Crippen molar-refractivity contribution >= 4 is 28.1 Å². The summed E-state index contributed by atoms with van der Waals surface area (Å²) in [5.41, 5.74) is -0.143. The molecule has 0 bridgehead atoms. The molecule has 9 heteroatoms. The van der Waals surface area contributed by atoms with E-state index in [0.717, 1.165) is 17.7 Å². The van der Waals surface area contributed by atoms with Gasteiger partial charge in [-0.2, -0.15) is 8.42 Å². The summed E-state index contributed by atoms with van der Waals surface area (Å²) in [4.78, 5) is 20.8. The summed E-state index contributed by atoms with van der Waals surface area (Å²) in [6.45, 7) is 6.19. The van der Waals surface area contributed by atoms with Gasteiger partial charge in [0.2, 0.25) is 5.91 Å². The minimum atomic E-state index is -4.08. The van der Waals surface area contributed by atoms with Crippen LogP contribution in [0, 0.1) is 0 Å². The van der Waals surface area contributed by atoms with E-state index >= 15 is 0 Å². The molecule has 0 heterocycles. The van der Waals surface area contributed by atoms with Crippen molar-refractivity contribution in [2.45, 2.75) is 19.4 Å².